The number of nitrogens with one attached hydrogen (secondary N) is 1. The van der Waals surface area contributed by atoms with Gasteiger partial charge in [0.25, 0.3) is 5.91 Å². The van der Waals surface area contributed by atoms with E-state index in [0.717, 1.165) is 0 Å². The highest BCUT2D eigenvalue weighted by atomic mass is 16.2. The molecule has 1 aromatic carbocycles. The molecule has 0 saturated carbocycles. The molecule has 3 N–H and O–H groups in total. The minimum absolute atomic E-state index is 0.0467. The number of rotatable bonds is 4. The Morgan fingerprint density at radius 3 is 2.32 bits per heavy atom. The highest BCUT2D eigenvalue weighted by Crippen LogP contribution is 2.14. The second-order valence-electron chi connectivity index (χ2n) is 5.02. The predicted octanol–water partition coefficient (Wildman–Crippen LogP) is 1.20. The fraction of sp³-hybridized carbons (Fsp3) is 0.188. The number of anilines is 1. The maximum Gasteiger partial charge on any atom is 0.250 e. The van der Waals surface area contributed by atoms with E-state index in [1.807, 2.05) is 0 Å². The van der Waals surface area contributed by atoms with E-state index in [0.29, 0.717) is 17.1 Å². The van der Waals surface area contributed by atoms with Crippen LogP contribution in [-0.2, 0) is 11.3 Å². The van der Waals surface area contributed by atoms with Crippen LogP contribution in [0.2, 0.25) is 0 Å². The fourth-order valence-corrected chi connectivity index (χ4v) is 2.28. The first-order valence-corrected chi connectivity index (χ1v) is 6.75. The molecule has 0 aliphatic rings. The zero-order valence-corrected chi connectivity index (χ0v) is 12.4. The van der Waals surface area contributed by atoms with E-state index in [4.69, 9.17) is 5.73 Å². The number of aryl methyl sites for hydroxylation is 2. The van der Waals surface area contributed by atoms with Crippen LogP contribution in [0.1, 0.15) is 21.7 Å². The summed E-state index contributed by atoms with van der Waals surface area (Å²) in [5.74, 6) is -0.907. The molecule has 0 bridgehead atoms. The van der Waals surface area contributed by atoms with Crippen molar-refractivity contribution in [3.05, 3.63) is 63.6 Å². The molecule has 0 saturated heterocycles. The van der Waals surface area contributed by atoms with Crippen molar-refractivity contribution in [1.29, 1.82) is 0 Å². The van der Waals surface area contributed by atoms with E-state index in [-0.39, 0.29) is 23.4 Å². The van der Waals surface area contributed by atoms with Crippen LogP contribution in [0, 0.1) is 13.8 Å². The fourth-order valence-electron chi connectivity index (χ4n) is 2.28. The van der Waals surface area contributed by atoms with Crippen LogP contribution < -0.4 is 16.5 Å². The molecule has 0 fully saturated rings. The van der Waals surface area contributed by atoms with Gasteiger partial charge in [-0.2, -0.15) is 0 Å². The van der Waals surface area contributed by atoms with Gasteiger partial charge in [0, 0.05) is 23.5 Å². The largest absolute Gasteiger partial charge is 0.366 e. The first kappa shape index (κ1) is 15.5. The Labute approximate surface area is 127 Å². The number of hydrogen-bond donors (Lipinski definition) is 2. The SMILES string of the molecule is Cc1cc(=O)cc(C)n1CC(=O)Nc1ccccc1C(N)=O. The van der Waals surface area contributed by atoms with Crippen molar-refractivity contribution < 1.29 is 9.59 Å². The number of nitrogens with zero attached hydrogens (tertiary/aromatic N) is 1. The summed E-state index contributed by atoms with van der Waals surface area (Å²) in [4.78, 5) is 34.9. The van der Waals surface area contributed by atoms with Gasteiger partial charge in [-0.05, 0) is 26.0 Å². The molecular weight excluding hydrogens is 282 g/mol. The molecule has 0 unspecified atom stereocenters. The first-order valence-electron chi connectivity index (χ1n) is 6.75. The van der Waals surface area contributed by atoms with Gasteiger partial charge in [0.05, 0.1) is 11.3 Å². The van der Waals surface area contributed by atoms with Crippen LogP contribution in [0.4, 0.5) is 5.69 Å². The number of amides is 2. The van der Waals surface area contributed by atoms with E-state index in [2.05, 4.69) is 5.32 Å². The normalized spacial score (nSPS) is 10.3. The third-order valence-corrected chi connectivity index (χ3v) is 3.32. The van der Waals surface area contributed by atoms with Crippen molar-refractivity contribution in [3.63, 3.8) is 0 Å². The van der Waals surface area contributed by atoms with Crippen LogP contribution in [0.25, 0.3) is 0 Å². The smallest absolute Gasteiger partial charge is 0.250 e. The third-order valence-electron chi connectivity index (χ3n) is 3.32. The van der Waals surface area contributed by atoms with Crippen LogP contribution in [0.3, 0.4) is 0 Å². The molecule has 0 aliphatic heterocycles. The van der Waals surface area contributed by atoms with Gasteiger partial charge in [-0.1, -0.05) is 12.1 Å². The summed E-state index contributed by atoms with van der Waals surface area (Å²) in [5.41, 5.74) is 7.21. The predicted molar refractivity (Wildman–Crippen MR) is 83.8 cm³/mol. The van der Waals surface area contributed by atoms with Crippen molar-refractivity contribution >= 4 is 17.5 Å². The third kappa shape index (κ3) is 3.41. The van der Waals surface area contributed by atoms with Gasteiger partial charge in [0.15, 0.2) is 5.43 Å². The number of carbonyl (C=O) groups is 2. The summed E-state index contributed by atoms with van der Waals surface area (Å²) in [7, 11) is 0. The number of para-hydroxylation sites is 1. The van der Waals surface area contributed by atoms with Gasteiger partial charge < -0.3 is 15.6 Å². The van der Waals surface area contributed by atoms with Gasteiger partial charge in [-0.3, -0.25) is 14.4 Å². The lowest BCUT2D eigenvalue weighted by Crippen LogP contribution is -2.24. The molecule has 0 spiro atoms. The number of hydrogen-bond acceptors (Lipinski definition) is 3. The number of primary amides is 1. The summed E-state index contributed by atoms with van der Waals surface area (Å²) in [5, 5.41) is 2.67. The topological polar surface area (TPSA) is 94.2 Å². The highest BCUT2D eigenvalue weighted by molar-refractivity contribution is 6.02. The Bertz CT molecular complexity index is 767. The van der Waals surface area contributed by atoms with Crippen molar-refractivity contribution in [2.45, 2.75) is 20.4 Å². The second-order valence-corrected chi connectivity index (χ2v) is 5.02. The van der Waals surface area contributed by atoms with Gasteiger partial charge in [0.1, 0.15) is 6.54 Å². The number of benzene rings is 1. The minimum atomic E-state index is -0.605. The molecule has 0 aliphatic carbocycles. The van der Waals surface area contributed by atoms with Crippen LogP contribution in [0.15, 0.2) is 41.2 Å². The summed E-state index contributed by atoms with van der Waals surface area (Å²) in [6.45, 7) is 3.57. The van der Waals surface area contributed by atoms with Crippen LogP contribution in [-0.4, -0.2) is 16.4 Å². The number of carbonyl (C=O) groups excluding carboxylic acids is 2. The Morgan fingerprint density at radius 2 is 1.73 bits per heavy atom. The highest BCUT2D eigenvalue weighted by Gasteiger charge is 2.12. The van der Waals surface area contributed by atoms with Gasteiger partial charge in [-0.25, -0.2) is 0 Å². The first-order chi connectivity index (χ1) is 10.4. The van der Waals surface area contributed by atoms with Crippen LogP contribution in [0.5, 0.6) is 0 Å². The number of pyridine rings is 1. The Morgan fingerprint density at radius 1 is 1.14 bits per heavy atom. The zero-order valence-electron chi connectivity index (χ0n) is 12.4. The van der Waals surface area contributed by atoms with Crippen molar-refractivity contribution in [2.75, 3.05) is 5.32 Å². The number of nitrogens with two attached hydrogens (primary N) is 1. The van der Waals surface area contributed by atoms with Gasteiger partial charge in [-0.15, -0.1) is 0 Å². The molecule has 1 heterocycles. The maximum atomic E-state index is 12.2. The Hall–Kier alpha value is -2.89. The Kier molecular flexibility index (Phi) is 4.41. The van der Waals surface area contributed by atoms with E-state index in [9.17, 15) is 14.4 Å². The molecule has 0 atom stereocenters. The zero-order chi connectivity index (χ0) is 16.3. The lowest BCUT2D eigenvalue weighted by Gasteiger charge is -2.15. The minimum Gasteiger partial charge on any atom is -0.366 e. The summed E-state index contributed by atoms with van der Waals surface area (Å²) >= 11 is 0. The average molecular weight is 299 g/mol. The summed E-state index contributed by atoms with van der Waals surface area (Å²) in [6.07, 6.45) is 0. The monoisotopic (exact) mass is 299 g/mol. The lowest BCUT2D eigenvalue weighted by atomic mass is 10.1. The molecule has 2 aromatic rings. The van der Waals surface area contributed by atoms with E-state index in [1.54, 1.807) is 42.7 Å². The molecule has 6 heteroatoms. The number of aromatic nitrogens is 1. The molecular formula is C16H17N3O3. The van der Waals surface area contributed by atoms with Crippen molar-refractivity contribution in [3.8, 4) is 0 Å². The van der Waals surface area contributed by atoms with Crippen LogP contribution >= 0.6 is 0 Å². The van der Waals surface area contributed by atoms with Crippen molar-refractivity contribution in [1.82, 2.24) is 4.57 Å². The van der Waals surface area contributed by atoms with E-state index < -0.39 is 5.91 Å². The molecule has 0 radical (unpaired) electrons. The van der Waals surface area contributed by atoms with Gasteiger partial charge in [0.2, 0.25) is 5.91 Å². The molecule has 1 aromatic heterocycles. The van der Waals surface area contributed by atoms with E-state index in [1.165, 1.54) is 12.1 Å². The quantitative estimate of drug-likeness (QED) is 0.888. The molecule has 114 valence electrons. The second kappa shape index (κ2) is 6.26. The standard InChI is InChI=1S/C16H17N3O3/c1-10-7-12(20)8-11(2)19(10)9-15(21)18-14-6-4-3-5-13(14)16(17)22/h3-8H,9H2,1-2H3,(H2,17,22)(H,18,21). The molecule has 22 heavy (non-hydrogen) atoms. The Balaban J connectivity index is 2.22. The summed E-state index contributed by atoms with van der Waals surface area (Å²) < 4.78 is 1.73. The van der Waals surface area contributed by atoms with Crippen molar-refractivity contribution in [2.24, 2.45) is 5.73 Å². The summed E-state index contributed by atoms with van der Waals surface area (Å²) in [6, 6.07) is 9.48. The molecule has 2 amide bonds. The maximum absolute atomic E-state index is 12.2. The van der Waals surface area contributed by atoms with Gasteiger partial charge >= 0.3 is 0 Å². The molecule has 6 nitrogen and oxygen atoms in total. The molecule has 2 rings (SSSR count). The lowest BCUT2D eigenvalue weighted by molar-refractivity contribution is -0.116. The average Bonchev–Trinajstić information content (AvgIpc) is 2.43. The van der Waals surface area contributed by atoms with E-state index >= 15 is 0 Å².